The van der Waals surface area contributed by atoms with Crippen molar-refractivity contribution < 1.29 is 0 Å². The lowest BCUT2D eigenvalue weighted by Crippen LogP contribution is -2.29. The lowest BCUT2D eigenvalue weighted by molar-refractivity contribution is 0.562. The van der Waals surface area contributed by atoms with Crippen LogP contribution in [0.2, 0.25) is 5.02 Å². The van der Waals surface area contributed by atoms with E-state index in [0.717, 1.165) is 16.4 Å². The molecule has 2 atom stereocenters. The van der Waals surface area contributed by atoms with E-state index in [9.17, 15) is 0 Å². The van der Waals surface area contributed by atoms with Crippen molar-refractivity contribution in [2.24, 2.45) is 0 Å². The largest absolute Gasteiger partial charge is 0.351 e. The molecule has 1 aromatic carbocycles. The first-order valence-electron chi connectivity index (χ1n) is 9.99. The summed E-state index contributed by atoms with van der Waals surface area (Å²) >= 11 is 11.9. The number of nitrogens with zero attached hydrogens (tertiary/aromatic N) is 3. The lowest BCUT2D eigenvalue weighted by atomic mass is 9.96. The van der Waals surface area contributed by atoms with Crippen LogP contribution in [0.3, 0.4) is 0 Å². The summed E-state index contributed by atoms with van der Waals surface area (Å²) in [5, 5.41) is 4.97. The third kappa shape index (κ3) is 3.22. The molecule has 2 fully saturated rings. The first kappa shape index (κ1) is 18.6. The first-order valence-corrected chi connectivity index (χ1v) is 10.8. The Balaban J connectivity index is 1.66. The number of anilines is 1. The summed E-state index contributed by atoms with van der Waals surface area (Å²) in [6.45, 7) is 4.44. The van der Waals surface area contributed by atoms with Crippen molar-refractivity contribution in [3.63, 3.8) is 0 Å². The number of benzene rings is 1. The van der Waals surface area contributed by atoms with Crippen molar-refractivity contribution in [3.8, 4) is 0 Å². The highest BCUT2D eigenvalue weighted by Gasteiger charge is 2.42. The normalized spacial score (nSPS) is 21.5. The van der Waals surface area contributed by atoms with Crippen LogP contribution in [0.4, 0.5) is 5.69 Å². The van der Waals surface area contributed by atoms with Gasteiger partial charge in [0.15, 0.2) is 5.11 Å². The molecule has 0 unspecified atom stereocenters. The summed E-state index contributed by atoms with van der Waals surface area (Å²) in [6, 6.07) is 16.9. The Kier molecular flexibility index (Phi) is 4.60. The average Bonchev–Trinajstić information content (AvgIpc) is 3.43. The van der Waals surface area contributed by atoms with Gasteiger partial charge in [-0.05, 0) is 86.9 Å². The average molecular weight is 423 g/mol. The number of aromatic nitrogens is 2. The summed E-state index contributed by atoms with van der Waals surface area (Å²) in [7, 11) is 0. The highest BCUT2D eigenvalue weighted by molar-refractivity contribution is 7.80. The fourth-order valence-electron chi connectivity index (χ4n) is 4.55. The van der Waals surface area contributed by atoms with Crippen LogP contribution < -0.4 is 10.2 Å². The Morgan fingerprint density at radius 1 is 1.10 bits per heavy atom. The third-order valence-electron chi connectivity index (χ3n) is 5.96. The highest BCUT2D eigenvalue weighted by atomic mass is 35.5. The van der Waals surface area contributed by atoms with Gasteiger partial charge in [0.25, 0.3) is 0 Å². The van der Waals surface area contributed by atoms with Crippen molar-refractivity contribution >= 4 is 34.6 Å². The van der Waals surface area contributed by atoms with Crippen LogP contribution in [-0.4, -0.2) is 14.7 Å². The zero-order valence-electron chi connectivity index (χ0n) is 16.5. The van der Waals surface area contributed by atoms with Crippen molar-refractivity contribution in [2.75, 3.05) is 4.90 Å². The molecule has 1 N–H and O–H groups in total. The maximum Gasteiger partial charge on any atom is 0.174 e. The third-order valence-corrected chi connectivity index (χ3v) is 6.52. The fourth-order valence-corrected chi connectivity index (χ4v) is 5.02. The molecule has 0 amide bonds. The molecule has 2 aliphatic rings. The molecule has 3 aromatic rings. The molecule has 1 aliphatic carbocycles. The molecule has 1 saturated heterocycles. The van der Waals surface area contributed by atoms with Crippen LogP contribution in [0.15, 0.2) is 54.7 Å². The van der Waals surface area contributed by atoms with Crippen LogP contribution in [0.5, 0.6) is 0 Å². The first-order chi connectivity index (χ1) is 14.0. The molecule has 29 heavy (non-hydrogen) atoms. The number of aryl methyl sites for hydroxylation is 1. The number of halogens is 1. The number of nitrogens with one attached hydrogen (secondary N) is 1. The van der Waals surface area contributed by atoms with Crippen LogP contribution in [0, 0.1) is 13.8 Å². The number of hydrogen-bond acceptors (Lipinski definition) is 2. The van der Waals surface area contributed by atoms with Gasteiger partial charge >= 0.3 is 0 Å². The number of hydrogen-bond donors (Lipinski definition) is 1. The van der Waals surface area contributed by atoms with Gasteiger partial charge in [-0.1, -0.05) is 17.7 Å². The summed E-state index contributed by atoms with van der Waals surface area (Å²) in [5.41, 5.74) is 5.96. The SMILES string of the molecule is Cc1cc([C@@H]2[C@@H](c3ccccn3)NC(=S)N2c2ccc(Cl)cc2)c(C)n1C1CC1. The Hall–Kier alpha value is -2.37. The predicted octanol–water partition coefficient (Wildman–Crippen LogP) is 5.67. The van der Waals surface area contributed by atoms with Crippen LogP contribution in [0.1, 0.15) is 53.6 Å². The molecule has 0 spiro atoms. The fraction of sp³-hybridized carbons (Fsp3) is 0.304. The topological polar surface area (TPSA) is 33.1 Å². The summed E-state index contributed by atoms with van der Waals surface area (Å²) in [5.74, 6) is 0. The van der Waals surface area contributed by atoms with Gasteiger partial charge in [-0.3, -0.25) is 4.98 Å². The number of pyridine rings is 1. The summed E-state index contributed by atoms with van der Waals surface area (Å²) in [4.78, 5) is 6.86. The van der Waals surface area contributed by atoms with E-state index < -0.39 is 0 Å². The second-order valence-corrected chi connectivity index (χ2v) is 8.72. The zero-order chi connectivity index (χ0) is 20.1. The van der Waals surface area contributed by atoms with E-state index >= 15 is 0 Å². The maximum atomic E-state index is 6.14. The predicted molar refractivity (Wildman–Crippen MR) is 122 cm³/mol. The van der Waals surface area contributed by atoms with E-state index in [1.165, 1.54) is 29.8 Å². The van der Waals surface area contributed by atoms with Crippen LogP contribution in [0.25, 0.3) is 0 Å². The van der Waals surface area contributed by atoms with Crippen molar-refractivity contribution in [1.29, 1.82) is 0 Å². The minimum atomic E-state index is -0.0208. The Morgan fingerprint density at radius 2 is 1.86 bits per heavy atom. The van der Waals surface area contributed by atoms with E-state index in [0.29, 0.717) is 11.2 Å². The highest BCUT2D eigenvalue weighted by Crippen LogP contribution is 2.46. The molecule has 0 radical (unpaired) electrons. The molecular weight excluding hydrogens is 400 g/mol. The van der Waals surface area contributed by atoms with E-state index in [2.05, 4.69) is 45.7 Å². The lowest BCUT2D eigenvalue weighted by Gasteiger charge is -2.28. The van der Waals surface area contributed by atoms with Crippen LogP contribution >= 0.6 is 23.8 Å². The van der Waals surface area contributed by atoms with Gasteiger partial charge in [0.05, 0.1) is 17.8 Å². The zero-order valence-corrected chi connectivity index (χ0v) is 18.0. The van der Waals surface area contributed by atoms with Gasteiger partial charge in [0, 0.05) is 34.3 Å². The molecule has 3 heterocycles. The molecule has 4 nitrogen and oxygen atoms in total. The summed E-state index contributed by atoms with van der Waals surface area (Å²) < 4.78 is 2.49. The summed E-state index contributed by atoms with van der Waals surface area (Å²) in [6.07, 6.45) is 4.37. The Labute approximate surface area is 181 Å². The number of rotatable bonds is 4. The van der Waals surface area contributed by atoms with Gasteiger partial charge in [-0.15, -0.1) is 0 Å². The second-order valence-electron chi connectivity index (χ2n) is 7.90. The molecule has 0 bridgehead atoms. The molecule has 1 aliphatic heterocycles. The van der Waals surface area contributed by atoms with E-state index in [1.807, 2.05) is 42.6 Å². The molecule has 2 aromatic heterocycles. The monoisotopic (exact) mass is 422 g/mol. The van der Waals surface area contributed by atoms with Crippen molar-refractivity contribution in [1.82, 2.24) is 14.9 Å². The van der Waals surface area contributed by atoms with Gasteiger partial charge in [0.1, 0.15) is 0 Å². The van der Waals surface area contributed by atoms with Gasteiger partial charge in [-0.2, -0.15) is 0 Å². The maximum absolute atomic E-state index is 6.14. The van der Waals surface area contributed by atoms with E-state index in [-0.39, 0.29) is 12.1 Å². The molecular formula is C23H23ClN4S. The van der Waals surface area contributed by atoms with Crippen molar-refractivity contribution in [2.45, 2.75) is 44.8 Å². The van der Waals surface area contributed by atoms with Gasteiger partial charge in [0.2, 0.25) is 0 Å². The molecule has 5 rings (SSSR count). The van der Waals surface area contributed by atoms with Gasteiger partial charge < -0.3 is 14.8 Å². The number of thiocarbonyl (C=S) groups is 1. The quantitative estimate of drug-likeness (QED) is 0.549. The smallest absolute Gasteiger partial charge is 0.174 e. The van der Waals surface area contributed by atoms with Crippen molar-refractivity contribution in [3.05, 3.63) is 82.4 Å². The molecule has 148 valence electrons. The second kappa shape index (κ2) is 7.15. The Bertz CT molecular complexity index is 1060. The van der Waals surface area contributed by atoms with E-state index in [1.54, 1.807) is 0 Å². The van der Waals surface area contributed by atoms with Crippen LogP contribution in [-0.2, 0) is 0 Å². The molecule has 6 heteroatoms. The Morgan fingerprint density at radius 3 is 2.52 bits per heavy atom. The minimum Gasteiger partial charge on any atom is -0.351 e. The standard InChI is InChI=1S/C23H23ClN4S/c1-14-13-19(15(2)27(14)17-10-11-17)22-21(20-5-3-4-12-25-20)26-23(29)28(22)18-8-6-16(24)7-9-18/h3-9,12-13,17,21-22H,10-11H2,1-2H3,(H,26,29)/t21-,22-/m1/s1. The van der Waals surface area contributed by atoms with E-state index in [4.69, 9.17) is 23.8 Å². The molecule has 1 saturated carbocycles. The van der Waals surface area contributed by atoms with Gasteiger partial charge in [-0.25, -0.2) is 0 Å². The minimum absolute atomic E-state index is 0.0208.